The monoisotopic (exact) mass is 382 g/mol. The second-order valence-electron chi connectivity index (χ2n) is 5.72. The van der Waals surface area contributed by atoms with Crippen LogP contribution < -0.4 is 5.32 Å². The lowest BCUT2D eigenvalue weighted by Gasteiger charge is -2.32. The van der Waals surface area contributed by atoms with Gasteiger partial charge in [-0.15, -0.1) is 24.2 Å². The molecule has 1 fully saturated rings. The van der Waals surface area contributed by atoms with Gasteiger partial charge in [0.2, 0.25) is 5.91 Å². The summed E-state index contributed by atoms with van der Waals surface area (Å²) < 4.78 is 38.0. The highest BCUT2D eigenvalue weighted by atomic mass is 35.5. The Morgan fingerprint density at radius 1 is 1.42 bits per heavy atom. The van der Waals surface area contributed by atoms with E-state index in [0.29, 0.717) is 10.8 Å². The van der Waals surface area contributed by atoms with E-state index in [1.165, 1.54) is 6.07 Å². The van der Waals surface area contributed by atoms with E-state index in [9.17, 15) is 18.0 Å². The number of hydrogen-bond donors (Lipinski definition) is 1. The van der Waals surface area contributed by atoms with Crippen LogP contribution >= 0.6 is 24.2 Å². The van der Waals surface area contributed by atoms with Crippen molar-refractivity contribution in [3.05, 3.63) is 29.8 Å². The van der Waals surface area contributed by atoms with Gasteiger partial charge < -0.3 is 10.2 Å². The third-order valence-corrected chi connectivity index (χ3v) is 4.87. The van der Waals surface area contributed by atoms with Gasteiger partial charge in [-0.2, -0.15) is 13.2 Å². The fourth-order valence-corrected chi connectivity index (χ4v) is 3.60. The van der Waals surface area contributed by atoms with E-state index in [-0.39, 0.29) is 24.1 Å². The highest BCUT2D eigenvalue weighted by Gasteiger charge is 2.30. The maximum Gasteiger partial charge on any atom is 0.416 e. The molecular weight excluding hydrogens is 361 g/mol. The molecule has 3 nitrogen and oxygen atoms in total. The Morgan fingerprint density at radius 3 is 2.83 bits per heavy atom. The molecule has 0 aromatic heterocycles. The molecule has 1 saturated heterocycles. The Bertz CT molecular complexity index is 540. The van der Waals surface area contributed by atoms with Crippen LogP contribution in [-0.2, 0) is 11.0 Å². The Morgan fingerprint density at radius 2 is 2.17 bits per heavy atom. The molecule has 1 unspecified atom stereocenters. The molecule has 2 rings (SSSR count). The molecule has 0 spiro atoms. The molecule has 0 bridgehead atoms. The summed E-state index contributed by atoms with van der Waals surface area (Å²) in [5, 5.41) is 3.13. The van der Waals surface area contributed by atoms with E-state index in [2.05, 4.69) is 5.32 Å². The number of piperidine rings is 1. The molecule has 0 radical (unpaired) electrons. The third kappa shape index (κ3) is 6.18. The van der Waals surface area contributed by atoms with Crippen molar-refractivity contribution < 1.29 is 18.0 Å². The zero-order valence-corrected chi connectivity index (χ0v) is 15.1. The van der Waals surface area contributed by atoms with E-state index in [1.54, 1.807) is 6.07 Å². The summed E-state index contributed by atoms with van der Waals surface area (Å²) >= 11 is 1.16. The highest BCUT2D eigenvalue weighted by Crippen LogP contribution is 2.32. The summed E-state index contributed by atoms with van der Waals surface area (Å²) in [6, 6.07) is 5.11. The molecular formula is C16H22ClF3N2OS. The minimum Gasteiger partial charge on any atom is -0.342 e. The van der Waals surface area contributed by atoms with E-state index < -0.39 is 11.7 Å². The first-order chi connectivity index (χ1) is 10.9. The lowest BCUT2D eigenvalue weighted by atomic mass is 9.98. The molecule has 1 atom stereocenters. The molecule has 136 valence electrons. The van der Waals surface area contributed by atoms with Crippen LogP contribution in [0.2, 0.25) is 0 Å². The van der Waals surface area contributed by atoms with E-state index in [1.807, 2.05) is 11.9 Å². The summed E-state index contributed by atoms with van der Waals surface area (Å²) in [6.45, 7) is 2.34. The van der Waals surface area contributed by atoms with Crippen LogP contribution in [0.1, 0.15) is 18.4 Å². The van der Waals surface area contributed by atoms with Crippen LogP contribution in [-0.4, -0.2) is 43.2 Å². The largest absolute Gasteiger partial charge is 0.416 e. The molecule has 1 aromatic carbocycles. The van der Waals surface area contributed by atoms with Crippen molar-refractivity contribution in [1.29, 1.82) is 0 Å². The number of amides is 1. The van der Waals surface area contributed by atoms with E-state index in [4.69, 9.17) is 0 Å². The first-order valence-electron chi connectivity index (χ1n) is 7.62. The summed E-state index contributed by atoms with van der Waals surface area (Å²) in [5.41, 5.74) is -0.679. The topological polar surface area (TPSA) is 32.3 Å². The van der Waals surface area contributed by atoms with Crippen LogP contribution in [0.5, 0.6) is 0 Å². The van der Waals surface area contributed by atoms with Gasteiger partial charge in [-0.05, 0) is 50.6 Å². The Balaban J connectivity index is 0.00000288. The number of benzene rings is 1. The number of rotatable bonds is 5. The van der Waals surface area contributed by atoms with Crippen molar-refractivity contribution in [3.8, 4) is 0 Å². The van der Waals surface area contributed by atoms with Crippen molar-refractivity contribution >= 4 is 30.1 Å². The number of likely N-dealkylation sites (tertiary alicyclic amines) is 1. The SMILES string of the molecule is CNCC1CCCN(C(=O)CSc2cccc(C(F)(F)F)c2)C1.Cl. The van der Waals surface area contributed by atoms with Crippen LogP contribution in [0.15, 0.2) is 29.2 Å². The number of carbonyl (C=O) groups excluding carboxylic acids is 1. The smallest absolute Gasteiger partial charge is 0.342 e. The molecule has 0 aliphatic carbocycles. The van der Waals surface area contributed by atoms with Crippen LogP contribution in [0.25, 0.3) is 0 Å². The van der Waals surface area contributed by atoms with Crippen LogP contribution in [0.3, 0.4) is 0 Å². The standard InChI is InChI=1S/C16H21F3N2OS.ClH/c1-20-9-12-4-3-7-21(10-12)15(22)11-23-14-6-2-5-13(8-14)16(17,18)19;/h2,5-6,8,12,20H,3-4,7,9-11H2,1H3;1H. The second-order valence-corrected chi connectivity index (χ2v) is 6.77. The average molecular weight is 383 g/mol. The summed E-state index contributed by atoms with van der Waals surface area (Å²) in [4.78, 5) is 14.6. The van der Waals surface area contributed by atoms with E-state index >= 15 is 0 Å². The Labute approximate surface area is 150 Å². The maximum atomic E-state index is 12.7. The number of carbonyl (C=O) groups is 1. The molecule has 1 amide bonds. The van der Waals surface area contributed by atoms with Crippen LogP contribution in [0.4, 0.5) is 13.2 Å². The van der Waals surface area contributed by atoms with Crippen LogP contribution in [0, 0.1) is 5.92 Å². The zero-order chi connectivity index (χ0) is 16.9. The molecule has 8 heteroatoms. The van der Waals surface area contributed by atoms with Gasteiger partial charge in [0.15, 0.2) is 0 Å². The van der Waals surface area contributed by atoms with Gasteiger partial charge in [0.25, 0.3) is 0 Å². The van der Waals surface area contributed by atoms with Gasteiger partial charge in [-0.25, -0.2) is 0 Å². The van der Waals surface area contributed by atoms with Gasteiger partial charge in [-0.1, -0.05) is 6.07 Å². The van der Waals surface area contributed by atoms with Gasteiger partial charge in [-0.3, -0.25) is 4.79 Å². The normalized spacial score (nSPS) is 18.2. The fraction of sp³-hybridized carbons (Fsp3) is 0.562. The summed E-state index contributed by atoms with van der Waals surface area (Å²) in [6.07, 6.45) is -2.27. The quantitative estimate of drug-likeness (QED) is 0.788. The number of halogens is 4. The highest BCUT2D eigenvalue weighted by molar-refractivity contribution is 8.00. The van der Waals surface area contributed by atoms with Gasteiger partial charge >= 0.3 is 6.18 Å². The van der Waals surface area contributed by atoms with Crippen molar-refractivity contribution in [2.45, 2.75) is 23.9 Å². The number of hydrogen-bond acceptors (Lipinski definition) is 3. The number of nitrogens with zero attached hydrogens (tertiary/aromatic N) is 1. The van der Waals surface area contributed by atoms with Crippen molar-refractivity contribution in [1.82, 2.24) is 10.2 Å². The minimum atomic E-state index is -4.35. The van der Waals surface area contributed by atoms with Crippen molar-refractivity contribution in [3.63, 3.8) is 0 Å². The minimum absolute atomic E-state index is 0. The number of alkyl halides is 3. The third-order valence-electron chi connectivity index (χ3n) is 3.89. The molecule has 1 aromatic rings. The van der Waals surface area contributed by atoms with Crippen molar-refractivity contribution in [2.24, 2.45) is 5.92 Å². The van der Waals surface area contributed by atoms with Gasteiger partial charge in [0.1, 0.15) is 0 Å². The predicted octanol–water partition coefficient (Wildman–Crippen LogP) is 3.68. The number of thioether (sulfide) groups is 1. The average Bonchev–Trinajstić information content (AvgIpc) is 2.53. The maximum absolute atomic E-state index is 12.7. The lowest BCUT2D eigenvalue weighted by Crippen LogP contribution is -2.43. The first kappa shape index (κ1) is 21.1. The zero-order valence-electron chi connectivity index (χ0n) is 13.4. The van der Waals surface area contributed by atoms with Gasteiger partial charge in [0.05, 0.1) is 11.3 Å². The molecule has 0 saturated carbocycles. The number of nitrogens with one attached hydrogen (secondary N) is 1. The summed E-state index contributed by atoms with van der Waals surface area (Å²) in [5.74, 6) is 0.623. The second kappa shape index (κ2) is 9.53. The first-order valence-corrected chi connectivity index (χ1v) is 8.61. The predicted molar refractivity (Wildman–Crippen MR) is 92.6 cm³/mol. The molecule has 1 aliphatic heterocycles. The molecule has 24 heavy (non-hydrogen) atoms. The van der Waals surface area contributed by atoms with Gasteiger partial charge in [0, 0.05) is 18.0 Å². The van der Waals surface area contributed by atoms with Crippen molar-refractivity contribution in [2.75, 3.05) is 32.4 Å². The summed E-state index contributed by atoms with van der Waals surface area (Å²) in [7, 11) is 1.89. The van der Waals surface area contributed by atoms with E-state index in [0.717, 1.165) is 56.4 Å². The Hall–Kier alpha value is -0.920. The molecule has 1 heterocycles. The Kier molecular flexibility index (Phi) is 8.39. The molecule has 1 aliphatic rings. The fourth-order valence-electron chi connectivity index (χ4n) is 2.75. The molecule has 1 N–H and O–H groups in total. The lowest BCUT2D eigenvalue weighted by molar-refractivity contribution is -0.137.